The molecule has 4 rings (SSSR count). The summed E-state index contributed by atoms with van der Waals surface area (Å²) in [5, 5.41) is 9.73. The molecule has 0 aliphatic carbocycles. The highest BCUT2D eigenvalue weighted by molar-refractivity contribution is 6.55. The van der Waals surface area contributed by atoms with Gasteiger partial charge in [-0.15, -0.1) is 0 Å². The lowest BCUT2D eigenvalue weighted by Crippen LogP contribution is -2.10. The molecule has 0 fully saturated rings. The van der Waals surface area contributed by atoms with Gasteiger partial charge in [0.15, 0.2) is 0 Å². The largest absolute Gasteiger partial charge is 0.0708 e. The Bertz CT molecular complexity index is 938. The van der Waals surface area contributed by atoms with E-state index in [4.69, 9.17) is 0 Å². The summed E-state index contributed by atoms with van der Waals surface area (Å²) in [5.74, 6) is 0. The SMILES string of the molecule is C[SiH2]c1cccc2cc3cc4ccccc4cc3cc12. The van der Waals surface area contributed by atoms with Gasteiger partial charge in [0.05, 0.1) is 9.52 Å². The van der Waals surface area contributed by atoms with Crippen LogP contribution in [0.4, 0.5) is 0 Å². The third-order valence-corrected chi connectivity index (χ3v) is 5.55. The van der Waals surface area contributed by atoms with Crippen molar-refractivity contribution in [2.45, 2.75) is 6.55 Å². The van der Waals surface area contributed by atoms with E-state index in [9.17, 15) is 0 Å². The standard InChI is InChI=1S/C19H16Si/c1-20-19-8-4-7-15-11-16-9-13-5-2-3-6-14(13)10-17(16)12-18(15)19/h2-12H,20H2,1H3. The summed E-state index contributed by atoms with van der Waals surface area (Å²) in [7, 11) is -0.138. The van der Waals surface area contributed by atoms with Crippen molar-refractivity contribution >= 4 is 47.0 Å². The van der Waals surface area contributed by atoms with Crippen LogP contribution in [0, 0.1) is 0 Å². The number of benzene rings is 4. The van der Waals surface area contributed by atoms with Gasteiger partial charge in [0, 0.05) is 0 Å². The normalized spacial score (nSPS) is 12.1. The first-order chi connectivity index (χ1) is 9.85. The van der Waals surface area contributed by atoms with Gasteiger partial charge in [0.2, 0.25) is 0 Å². The molecule has 96 valence electrons. The first-order valence-corrected chi connectivity index (χ1v) is 9.31. The summed E-state index contributed by atoms with van der Waals surface area (Å²) in [6.07, 6.45) is 0. The van der Waals surface area contributed by atoms with Crippen LogP contribution < -0.4 is 5.19 Å². The van der Waals surface area contributed by atoms with Gasteiger partial charge in [-0.2, -0.15) is 0 Å². The zero-order chi connectivity index (χ0) is 13.5. The summed E-state index contributed by atoms with van der Waals surface area (Å²) in [6.45, 7) is 2.36. The molecule has 0 amide bonds. The van der Waals surface area contributed by atoms with E-state index in [1.165, 1.54) is 32.3 Å². The Hall–Kier alpha value is -2.12. The molecule has 0 aliphatic rings. The summed E-state index contributed by atoms with van der Waals surface area (Å²) in [4.78, 5) is 0. The van der Waals surface area contributed by atoms with Gasteiger partial charge in [-0.25, -0.2) is 0 Å². The van der Waals surface area contributed by atoms with E-state index in [0.717, 1.165) is 0 Å². The minimum Gasteiger partial charge on any atom is -0.0708 e. The van der Waals surface area contributed by atoms with E-state index in [1.807, 2.05) is 0 Å². The first kappa shape index (κ1) is 11.7. The molecule has 0 saturated heterocycles. The highest BCUT2D eigenvalue weighted by atomic mass is 28.2. The fourth-order valence-corrected chi connectivity index (χ4v) is 4.15. The van der Waals surface area contributed by atoms with Gasteiger partial charge in [0.25, 0.3) is 0 Å². The quantitative estimate of drug-likeness (QED) is 0.363. The van der Waals surface area contributed by atoms with Crippen LogP contribution in [0.2, 0.25) is 6.55 Å². The Morgan fingerprint density at radius 3 is 1.90 bits per heavy atom. The molecule has 0 spiro atoms. The molecule has 0 N–H and O–H groups in total. The molecule has 0 aromatic heterocycles. The maximum atomic E-state index is 2.38. The molecule has 20 heavy (non-hydrogen) atoms. The van der Waals surface area contributed by atoms with Crippen LogP contribution in [0.5, 0.6) is 0 Å². The second kappa shape index (κ2) is 4.46. The monoisotopic (exact) mass is 272 g/mol. The van der Waals surface area contributed by atoms with E-state index in [0.29, 0.717) is 0 Å². The molecule has 1 heteroatoms. The molecule has 0 aliphatic heterocycles. The van der Waals surface area contributed by atoms with Crippen LogP contribution in [-0.4, -0.2) is 9.52 Å². The Morgan fingerprint density at radius 2 is 1.20 bits per heavy atom. The van der Waals surface area contributed by atoms with E-state index >= 15 is 0 Å². The molecule has 0 atom stereocenters. The molecule has 0 nitrogen and oxygen atoms in total. The zero-order valence-electron chi connectivity index (χ0n) is 11.6. The van der Waals surface area contributed by atoms with E-state index in [2.05, 4.69) is 73.3 Å². The lowest BCUT2D eigenvalue weighted by Gasteiger charge is -2.08. The summed E-state index contributed by atoms with van der Waals surface area (Å²) < 4.78 is 0. The molecule has 0 saturated carbocycles. The maximum Gasteiger partial charge on any atom is 0.0525 e. The van der Waals surface area contributed by atoms with Gasteiger partial charge in [-0.05, 0) is 56.6 Å². The molecule has 0 bridgehead atoms. The predicted octanol–water partition coefficient (Wildman–Crippen LogP) is 3.99. The van der Waals surface area contributed by atoms with Crippen LogP contribution in [0.1, 0.15) is 0 Å². The van der Waals surface area contributed by atoms with Gasteiger partial charge in [0.1, 0.15) is 0 Å². The summed E-state index contributed by atoms with van der Waals surface area (Å²) in [5.41, 5.74) is 0. The fraction of sp³-hybridized carbons (Fsp3) is 0.0526. The van der Waals surface area contributed by atoms with Crippen LogP contribution >= 0.6 is 0 Å². The van der Waals surface area contributed by atoms with Crippen LogP contribution in [0.25, 0.3) is 32.3 Å². The van der Waals surface area contributed by atoms with Gasteiger partial charge in [-0.1, -0.05) is 54.2 Å². The fourth-order valence-electron chi connectivity index (χ4n) is 3.09. The third-order valence-electron chi connectivity index (χ3n) is 4.17. The van der Waals surface area contributed by atoms with Crippen molar-refractivity contribution in [1.29, 1.82) is 0 Å². The van der Waals surface area contributed by atoms with Gasteiger partial charge in [-0.3, -0.25) is 0 Å². The highest BCUT2D eigenvalue weighted by Gasteiger charge is 2.03. The van der Waals surface area contributed by atoms with Gasteiger partial charge < -0.3 is 0 Å². The molecule has 0 unspecified atom stereocenters. The molecular weight excluding hydrogens is 256 g/mol. The topological polar surface area (TPSA) is 0 Å². The lowest BCUT2D eigenvalue weighted by atomic mass is 10.00. The van der Waals surface area contributed by atoms with E-state index in [-0.39, 0.29) is 9.52 Å². The van der Waals surface area contributed by atoms with Gasteiger partial charge >= 0.3 is 0 Å². The second-order valence-corrected chi connectivity index (χ2v) is 6.86. The zero-order valence-corrected chi connectivity index (χ0v) is 13.0. The van der Waals surface area contributed by atoms with Crippen molar-refractivity contribution in [3.8, 4) is 0 Å². The summed E-state index contributed by atoms with van der Waals surface area (Å²) in [6, 6.07) is 24.7. The first-order valence-electron chi connectivity index (χ1n) is 7.19. The highest BCUT2D eigenvalue weighted by Crippen LogP contribution is 2.26. The maximum absolute atomic E-state index is 2.38. The minimum absolute atomic E-state index is 0.138. The predicted molar refractivity (Wildman–Crippen MR) is 93.0 cm³/mol. The van der Waals surface area contributed by atoms with Crippen molar-refractivity contribution in [3.05, 3.63) is 66.7 Å². The second-order valence-electron chi connectivity index (χ2n) is 5.39. The molecule has 4 aromatic carbocycles. The molecule has 0 radical (unpaired) electrons. The Kier molecular flexibility index (Phi) is 2.61. The molecule has 4 aromatic rings. The van der Waals surface area contributed by atoms with Crippen molar-refractivity contribution in [3.63, 3.8) is 0 Å². The Balaban J connectivity index is 2.15. The van der Waals surface area contributed by atoms with E-state index < -0.39 is 0 Å². The lowest BCUT2D eigenvalue weighted by molar-refractivity contribution is 1.79. The average molecular weight is 272 g/mol. The van der Waals surface area contributed by atoms with Crippen LogP contribution in [-0.2, 0) is 0 Å². The van der Waals surface area contributed by atoms with Crippen molar-refractivity contribution in [1.82, 2.24) is 0 Å². The molecular formula is C19H16Si. The number of rotatable bonds is 1. The molecule has 0 heterocycles. The smallest absolute Gasteiger partial charge is 0.0525 e. The minimum atomic E-state index is -0.138. The number of hydrogen-bond donors (Lipinski definition) is 0. The van der Waals surface area contributed by atoms with Crippen LogP contribution in [0.15, 0.2) is 66.7 Å². The number of fused-ring (bicyclic) bond motifs is 3. The van der Waals surface area contributed by atoms with Crippen LogP contribution in [0.3, 0.4) is 0 Å². The van der Waals surface area contributed by atoms with E-state index in [1.54, 1.807) is 5.19 Å². The number of hydrogen-bond acceptors (Lipinski definition) is 0. The summed E-state index contributed by atoms with van der Waals surface area (Å²) >= 11 is 0. The third kappa shape index (κ3) is 1.74. The average Bonchev–Trinajstić information content (AvgIpc) is 2.50. The Morgan fingerprint density at radius 1 is 0.600 bits per heavy atom. The van der Waals surface area contributed by atoms with Crippen molar-refractivity contribution < 1.29 is 0 Å². The van der Waals surface area contributed by atoms with Crippen molar-refractivity contribution in [2.75, 3.05) is 0 Å². The Labute approximate surface area is 120 Å². The van der Waals surface area contributed by atoms with Crippen molar-refractivity contribution in [2.24, 2.45) is 0 Å².